The van der Waals surface area contributed by atoms with Crippen molar-refractivity contribution in [3.05, 3.63) is 54.2 Å². The summed E-state index contributed by atoms with van der Waals surface area (Å²) in [4.78, 5) is 4.57. The number of nitrogens with zero attached hydrogens (tertiary/aromatic N) is 6. The number of halogens is 1. The first-order valence-electron chi connectivity index (χ1n) is 11.4. The number of nitrogens with one attached hydrogen (secondary N) is 1. The second kappa shape index (κ2) is 8.77. The summed E-state index contributed by atoms with van der Waals surface area (Å²) in [6.07, 6.45) is 8.17. The van der Waals surface area contributed by atoms with E-state index in [1.807, 2.05) is 17.9 Å². The van der Waals surface area contributed by atoms with Gasteiger partial charge in [-0.1, -0.05) is 0 Å². The number of aliphatic hydroxyl groups is 1. The van der Waals surface area contributed by atoms with Gasteiger partial charge < -0.3 is 16.2 Å². The van der Waals surface area contributed by atoms with E-state index in [4.69, 9.17) is 5.73 Å². The van der Waals surface area contributed by atoms with Gasteiger partial charge in [-0.05, 0) is 55.5 Å². The average Bonchev–Trinajstić information content (AvgIpc) is 3.49. The minimum absolute atomic E-state index is 0.183. The summed E-state index contributed by atoms with van der Waals surface area (Å²) in [7, 11) is 1.94. The number of piperidine rings is 1. The zero-order valence-corrected chi connectivity index (χ0v) is 18.9. The van der Waals surface area contributed by atoms with Crippen molar-refractivity contribution in [2.24, 2.45) is 12.5 Å². The molecule has 0 amide bonds. The molecule has 33 heavy (non-hydrogen) atoms. The van der Waals surface area contributed by atoms with Gasteiger partial charge in [0, 0.05) is 45.0 Å². The number of benzene rings is 1. The fourth-order valence-electron chi connectivity index (χ4n) is 5.21. The van der Waals surface area contributed by atoms with E-state index in [1.165, 1.54) is 24.1 Å². The predicted octanol–water partition coefficient (Wildman–Crippen LogP) is 2.00. The summed E-state index contributed by atoms with van der Waals surface area (Å²) in [5, 5.41) is 22.7. The van der Waals surface area contributed by atoms with E-state index >= 15 is 0 Å². The van der Waals surface area contributed by atoms with Crippen molar-refractivity contribution < 1.29 is 9.50 Å². The highest BCUT2D eigenvalue weighted by Gasteiger charge is 2.43. The minimum Gasteiger partial charge on any atom is -0.394 e. The van der Waals surface area contributed by atoms with Gasteiger partial charge in [0.25, 0.3) is 0 Å². The highest BCUT2D eigenvalue weighted by Crippen LogP contribution is 2.40. The molecule has 1 aromatic carbocycles. The SMILES string of the molecule is Cn1cc(CN2CCCC3(CCN(C(O)Nc4nn(-c5ccc(F)cc5)cc4N)C3)C2)cn1. The molecule has 2 fully saturated rings. The van der Waals surface area contributed by atoms with E-state index in [2.05, 4.69) is 31.5 Å². The van der Waals surface area contributed by atoms with Crippen molar-refractivity contribution >= 4 is 11.5 Å². The van der Waals surface area contributed by atoms with E-state index < -0.39 is 6.35 Å². The summed E-state index contributed by atoms with van der Waals surface area (Å²) < 4.78 is 16.6. The van der Waals surface area contributed by atoms with Crippen LogP contribution in [-0.4, -0.2) is 67.0 Å². The fourth-order valence-corrected chi connectivity index (χ4v) is 5.21. The van der Waals surface area contributed by atoms with Gasteiger partial charge in [-0.25, -0.2) is 9.07 Å². The molecule has 2 unspecified atom stereocenters. The van der Waals surface area contributed by atoms with Gasteiger partial charge in [0.15, 0.2) is 12.2 Å². The van der Waals surface area contributed by atoms with Gasteiger partial charge in [0.2, 0.25) is 0 Å². The molecule has 2 saturated heterocycles. The molecule has 10 heteroatoms. The second-order valence-corrected chi connectivity index (χ2v) is 9.43. The Morgan fingerprint density at radius 2 is 2.00 bits per heavy atom. The highest BCUT2D eigenvalue weighted by atomic mass is 19.1. The molecule has 0 saturated carbocycles. The smallest absolute Gasteiger partial charge is 0.185 e. The van der Waals surface area contributed by atoms with E-state index in [0.717, 1.165) is 45.6 Å². The van der Waals surface area contributed by atoms with E-state index in [9.17, 15) is 9.50 Å². The van der Waals surface area contributed by atoms with Crippen LogP contribution in [0.5, 0.6) is 0 Å². The summed E-state index contributed by atoms with van der Waals surface area (Å²) >= 11 is 0. The Labute approximate surface area is 192 Å². The van der Waals surface area contributed by atoms with E-state index in [1.54, 1.807) is 23.0 Å². The maximum absolute atomic E-state index is 13.2. The number of hydrogen-bond acceptors (Lipinski definition) is 7. The molecule has 1 spiro atoms. The lowest BCUT2D eigenvalue weighted by Crippen LogP contribution is -2.46. The lowest BCUT2D eigenvalue weighted by atomic mass is 9.79. The predicted molar refractivity (Wildman–Crippen MR) is 124 cm³/mol. The van der Waals surface area contributed by atoms with Crippen LogP contribution >= 0.6 is 0 Å². The van der Waals surface area contributed by atoms with Crippen molar-refractivity contribution in [2.45, 2.75) is 32.2 Å². The number of aryl methyl sites for hydroxylation is 1. The quantitative estimate of drug-likeness (QED) is 0.490. The summed E-state index contributed by atoms with van der Waals surface area (Å²) in [6.45, 7) is 4.66. The van der Waals surface area contributed by atoms with Gasteiger partial charge in [-0.15, -0.1) is 5.10 Å². The third-order valence-corrected chi connectivity index (χ3v) is 6.82. The summed E-state index contributed by atoms with van der Waals surface area (Å²) in [5.74, 6) is 0.104. The van der Waals surface area contributed by atoms with Crippen molar-refractivity contribution in [1.82, 2.24) is 29.4 Å². The molecule has 0 radical (unpaired) electrons. The Morgan fingerprint density at radius 3 is 2.76 bits per heavy atom. The van der Waals surface area contributed by atoms with Crippen LogP contribution in [0.2, 0.25) is 0 Å². The molecular weight excluding hydrogens is 423 g/mol. The van der Waals surface area contributed by atoms with Crippen molar-refractivity contribution in [1.29, 1.82) is 0 Å². The van der Waals surface area contributed by atoms with Crippen LogP contribution in [0.25, 0.3) is 5.69 Å². The van der Waals surface area contributed by atoms with Crippen LogP contribution in [-0.2, 0) is 13.6 Å². The number of nitrogens with two attached hydrogens (primary N) is 1. The Bertz CT molecular complexity index is 1100. The molecule has 9 nitrogen and oxygen atoms in total. The number of rotatable bonds is 6. The average molecular weight is 455 g/mol. The maximum Gasteiger partial charge on any atom is 0.185 e. The monoisotopic (exact) mass is 454 g/mol. The molecule has 0 bridgehead atoms. The Balaban J connectivity index is 1.21. The molecule has 3 aromatic rings. The lowest BCUT2D eigenvalue weighted by molar-refractivity contribution is 0.0210. The number of aliphatic hydroxyl groups excluding tert-OH is 1. The molecule has 4 N–H and O–H groups in total. The fraction of sp³-hybridized carbons (Fsp3) is 0.478. The topological polar surface area (TPSA) is 100 Å². The molecule has 176 valence electrons. The van der Waals surface area contributed by atoms with Crippen LogP contribution in [0.1, 0.15) is 24.8 Å². The maximum atomic E-state index is 13.2. The number of anilines is 2. The first-order valence-corrected chi connectivity index (χ1v) is 11.4. The lowest BCUT2D eigenvalue weighted by Gasteiger charge is -2.40. The van der Waals surface area contributed by atoms with Crippen molar-refractivity contribution in [2.75, 3.05) is 37.2 Å². The van der Waals surface area contributed by atoms with Gasteiger partial charge in [-0.3, -0.25) is 14.5 Å². The summed E-state index contributed by atoms with van der Waals surface area (Å²) in [6, 6.07) is 6.01. The van der Waals surface area contributed by atoms with Crippen molar-refractivity contribution in [3.8, 4) is 5.69 Å². The zero-order valence-electron chi connectivity index (χ0n) is 18.9. The largest absolute Gasteiger partial charge is 0.394 e. The molecule has 2 aromatic heterocycles. The zero-order chi connectivity index (χ0) is 23.0. The molecule has 2 aliphatic heterocycles. The van der Waals surface area contributed by atoms with Crippen LogP contribution in [0.15, 0.2) is 42.9 Å². The third kappa shape index (κ3) is 4.73. The van der Waals surface area contributed by atoms with Gasteiger partial charge >= 0.3 is 0 Å². The van der Waals surface area contributed by atoms with Gasteiger partial charge in [0.05, 0.1) is 23.8 Å². The van der Waals surface area contributed by atoms with Crippen LogP contribution in [0.4, 0.5) is 15.9 Å². The second-order valence-electron chi connectivity index (χ2n) is 9.43. The van der Waals surface area contributed by atoms with Crippen LogP contribution < -0.4 is 11.1 Å². The Kier molecular flexibility index (Phi) is 5.81. The van der Waals surface area contributed by atoms with Crippen molar-refractivity contribution in [3.63, 3.8) is 0 Å². The number of aromatic nitrogens is 4. The van der Waals surface area contributed by atoms with Gasteiger partial charge in [0.1, 0.15) is 5.82 Å². The normalized spacial score (nSPS) is 22.8. The van der Waals surface area contributed by atoms with Gasteiger partial charge in [-0.2, -0.15) is 5.10 Å². The first-order chi connectivity index (χ1) is 15.9. The number of likely N-dealkylation sites (tertiary alicyclic amines) is 2. The molecule has 5 rings (SSSR count). The summed E-state index contributed by atoms with van der Waals surface area (Å²) in [5.41, 5.74) is 8.66. The van der Waals surface area contributed by atoms with E-state index in [0.29, 0.717) is 17.2 Å². The number of nitrogen functional groups attached to an aromatic ring is 1. The highest BCUT2D eigenvalue weighted by molar-refractivity contribution is 5.61. The first kappa shape index (κ1) is 21.9. The van der Waals surface area contributed by atoms with Crippen LogP contribution in [0.3, 0.4) is 0 Å². The molecule has 0 aliphatic carbocycles. The standard InChI is InChI=1S/C23H31FN8O/c1-29-12-17(11-26-29)13-30-9-2-7-23(15-30)8-10-31(16-23)22(33)27-21-20(25)14-32(28-21)19-5-3-18(24)4-6-19/h3-6,11-12,14,22,33H,2,7-10,13,15-16,25H2,1H3,(H,27,28). The Morgan fingerprint density at radius 1 is 1.18 bits per heavy atom. The molecule has 2 atom stereocenters. The number of hydrogen-bond donors (Lipinski definition) is 3. The molecule has 2 aliphatic rings. The van der Waals surface area contributed by atoms with E-state index in [-0.39, 0.29) is 11.2 Å². The Hall–Kier alpha value is -2.95. The minimum atomic E-state index is -0.878. The van der Waals surface area contributed by atoms with Crippen LogP contribution in [0, 0.1) is 11.2 Å². The third-order valence-electron chi connectivity index (χ3n) is 6.82. The molecular formula is C23H31FN8O. The molecule has 4 heterocycles.